The maximum Gasteiger partial charge on any atom is 0.309 e. The Hall–Kier alpha value is -1.91. The standard InChI is InChI=1S/C12H13FN2O2/c1-12(2,11(16)17)6-10-14-8-4-3-7(13)5-9(8)15-10/h3-5H,6H2,1-2H3,(H,14,15)(H,16,17). The van der Waals surface area contributed by atoms with Crippen LogP contribution in [0.5, 0.6) is 0 Å². The molecule has 2 aromatic rings. The topological polar surface area (TPSA) is 66.0 Å². The molecule has 0 aliphatic carbocycles. The molecule has 90 valence electrons. The molecule has 17 heavy (non-hydrogen) atoms. The Bertz CT molecular complexity index is 575. The number of rotatable bonds is 3. The number of aromatic amines is 1. The predicted octanol–water partition coefficient (Wildman–Crippen LogP) is 2.36. The van der Waals surface area contributed by atoms with Crippen molar-refractivity contribution in [1.82, 2.24) is 9.97 Å². The van der Waals surface area contributed by atoms with Crippen LogP contribution in [0.4, 0.5) is 4.39 Å². The van der Waals surface area contributed by atoms with Crippen molar-refractivity contribution in [2.75, 3.05) is 0 Å². The lowest BCUT2D eigenvalue weighted by atomic mass is 9.89. The van der Waals surface area contributed by atoms with E-state index in [1.807, 2.05) is 0 Å². The van der Waals surface area contributed by atoms with E-state index in [0.717, 1.165) is 0 Å². The molecule has 0 atom stereocenters. The number of hydrogen-bond acceptors (Lipinski definition) is 2. The third kappa shape index (κ3) is 2.27. The van der Waals surface area contributed by atoms with Gasteiger partial charge in [-0.25, -0.2) is 9.37 Å². The number of imidazole rings is 1. The van der Waals surface area contributed by atoms with Crippen molar-refractivity contribution in [3.05, 3.63) is 29.8 Å². The number of nitrogens with zero attached hydrogens (tertiary/aromatic N) is 1. The molecule has 0 spiro atoms. The molecule has 1 aromatic carbocycles. The molecule has 1 heterocycles. The van der Waals surface area contributed by atoms with Gasteiger partial charge in [0.2, 0.25) is 0 Å². The van der Waals surface area contributed by atoms with Gasteiger partial charge in [-0.15, -0.1) is 0 Å². The van der Waals surface area contributed by atoms with Crippen LogP contribution in [0.2, 0.25) is 0 Å². The lowest BCUT2D eigenvalue weighted by Crippen LogP contribution is -2.26. The van der Waals surface area contributed by atoms with E-state index in [2.05, 4.69) is 9.97 Å². The minimum Gasteiger partial charge on any atom is -0.481 e. The van der Waals surface area contributed by atoms with Crippen LogP contribution in [-0.2, 0) is 11.2 Å². The zero-order valence-corrected chi connectivity index (χ0v) is 9.62. The van der Waals surface area contributed by atoms with Crippen LogP contribution in [0.1, 0.15) is 19.7 Å². The van der Waals surface area contributed by atoms with Crippen LogP contribution < -0.4 is 0 Å². The number of carboxylic acids is 1. The number of halogens is 1. The van der Waals surface area contributed by atoms with Crippen molar-refractivity contribution >= 4 is 17.0 Å². The van der Waals surface area contributed by atoms with Gasteiger partial charge in [-0.3, -0.25) is 4.79 Å². The molecule has 0 radical (unpaired) electrons. The fraction of sp³-hybridized carbons (Fsp3) is 0.333. The second-order valence-corrected chi connectivity index (χ2v) is 4.71. The summed E-state index contributed by atoms with van der Waals surface area (Å²) in [6.45, 7) is 3.26. The second-order valence-electron chi connectivity index (χ2n) is 4.71. The molecule has 0 unspecified atom stereocenters. The van der Waals surface area contributed by atoms with E-state index < -0.39 is 11.4 Å². The smallest absolute Gasteiger partial charge is 0.309 e. The highest BCUT2D eigenvalue weighted by Gasteiger charge is 2.28. The number of carbonyl (C=O) groups is 1. The van der Waals surface area contributed by atoms with Crippen molar-refractivity contribution in [3.8, 4) is 0 Å². The van der Waals surface area contributed by atoms with Crippen molar-refractivity contribution in [3.63, 3.8) is 0 Å². The van der Waals surface area contributed by atoms with Crippen LogP contribution in [0.3, 0.4) is 0 Å². The summed E-state index contributed by atoms with van der Waals surface area (Å²) in [5.74, 6) is -0.674. The third-order valence-electron chi connectivity index (χ3n) is 2.68. The quantitative estimate of drug-likeness (QED) is 0.859. The Kier molecular flexibility index (Phi) is 2.61. The molecule has 2 N–H and O–H groups in total. The number of fused-ring (bicyclic) bond motifs is 1. The summed E-state index contributed by atoms with van der Waals surface area (Å²) >= 11 is 0. The highest BCUT2D eigenvalue weighted by Crippen LogP contribution is 2.22. The zero-order chi connectivity index (χ0) is 12.6. The fourth-order valence-corrected chi connectivity index (χ4v) is 1.61. The van der Waals surface area contributed by atoms with Crippen LogP contribution in [0, 0.1) is 11.2 Å². The maximum atomic E-state index is 13.0. The van der Waals surface area contributed by atoms with Gasteiger partial charge in [0.1, 0.15) is 11.6 Å². The van der Waals surface area contributed by atoms with E-state index in [4.69, 9.17) is 5.11 Å². The van der Waals surface area contributed by atoms with Gasteiger partial charge < -0.3 is 10.1 Å². The van der Waals surface area contributed by atoms with Gasteiger partial charge in [0.25, 0.3) is 0 Å². The van der Waals surface area contributed by atoms with Crippen molar-refractivity contribution in [2.24, 2.45) is 5.41 Å². The molecule has 5 heteroatoms. The average Bonchev–Trinajstić information content (AvgIpc) is 2.57. The number of carboxylic acid groups (broad SMARTS) is 1. The molecule has 4 nitrogen and oxygen atoms in total. The first-order chi connectivity index (χ1) is 7.88. The molecular formula is C12H13FN2O2. The highest BCUT2D eigenvalue weighted by atomic mass is 19.1. The maximum absolute atomic E-state index is 13.0. The summed E-state index contributed by atoms with van der Waals surface area (Å²) in [6, 6.07) is 4.24. The van der Waals surface area contributed by atoms with E-state index in [-0.39, 0.29) is 12.2 Å². The van der Waals surface area contributed by atoms with Crippen molar-refractivity contribution in [1.29, 1.82) is 0 Å². The Labute approximate surface area is 97.5 Å². The molecule has 2 rings (SSSR count). The number of aromatic nitrogens is 2. The largest absolute Gasteiger partial charge is 0.481 e. The summed E-state index contributed by atoms with van der Waals surface area (Å²) in [5.41, 5.74) is 0.329. The van der Waals surface area contributed by atoms with Gasteiger partial charge in [-0.1, -0.05) is 0 Å². The summed E-state index contributed by atoms with van der Waals surface area (Å²) in [7, 11) is 0. The number of nitrogens with one attached hydrogen (secondary N) is 1. The number of aliphatic carboxylic acids is 1. The predicted molar refractivity (Wildman–Crippen MR) is 61.2 cm³/mol. The SMILES string of the molecule is CC(C)(Cc1nc2ccc(F)cc2[nH]1)C(=O)O. The van der Waals surface area contributed by atoms with Gasteiger partial charge in [0, 0.05) is 6.42 Å². The molecule has 1 aromatic heterocycles. The van der Waals surface area contributed by atoms with Gasteiger partial charge in [-0.2, -0.15) is 0 Å². The molecule has 0 aliphatic heterocycles. The van der Waals surface area contributed by atoms with Crippen LogP contribution >= 0.6 is 0 Å². The first-order valence-corrected chi connectivity index (χ1v) is 5.26. The minimum atomic E-state index is -0.896. The zero-order valence-electron chi connectivity index (χ0n) is 9.62. The van der Waals surface area contributed by atoms with E-state index in [1.54, 1.807) is 19.9 Å². The molecule has 0 fully saturated rings. The van der Waals surface area contributed by atoms with Gasteiger partial charge in [0.15, 0.2) is 0 Å². The average molecular weight is 236 g/mol. The first kappa shape index (κ1) is 11.6. The molecule has 0 bridgehead atoms. The monoisotopic (exact) mass is 236 g/mol. The van der Waals surface area contributed by atoms with Gasteiger partial charge in [0.05, 0.1) is 16.4 Å². The molecule has 0 aliphatic rings. The van der Waals surface area contributed by atoms with Crippen molar-refractivity contribution < 1.29 is 14.3 Å². The molecular weight excluding hydrogens is 223 g/mol. The summed E-state index contributed by atoms with van der Waals surface area (Å²) in [5, 5.41) is 9.02. The fourth-order valence-electron chi connectivity index (χ4n) is 1.61. The van der Waals surface area contributed by atoms with Crippen LogP contribution in [0.15, 0.2) is 18.2 Å². The highest BCUT2D eigenvalue weighted by molar-refractivity contribution is 5.76. The van der Waals surface area contributed by atoms with Crippen LogP contribution in [0.25, 0.3) is 11.0 Å². The molecule has 0 saturated carbocycles. The second kappa shape index (κ2) is 3.84. The van der Waals surface area contributed by atoms with Gasteiger partial charge >= 0.3 is 5.97 Å². The normalized spacial score (nSPS) is 11.9. The Morgan fingerprint density at radius 2 is 2.24 bits per heavy atom. The lowest BCUT2D eigenvalue weighted by Gasteiger charge is -2.16. The van der Waals surface area contributed by atoms with E-state index in [9.17, 15) is 9.18 Å². The number of benzene rings is 1. The Morgan fingerprint density at radius 3 is 2.88 bits per heavy atom. The summed E-state index contributed by atoms with van der Waals surface area (Å²) in [6.07, 6.45) is 0.276. The summed E-state index contributed by atoms with van der Waals surface area (Å²) in [4.78, 5) is 18.2. The lowest BCUT2D eigenvalue weighted by molar-refractivity contribution is -0.146. The minimum absolute atomic E-state index is 0.276. The van der Waals surface area contributed by atoms with E-state index in [0.29, 0.717) is 16.9 Å². The molecule has 0 saturated heterocycles. The summed E-state index contributed by atoms with van der Waals surface area (Å²) < 4.78 is 13.0. The van der Waals surface area contributed by atoms with E-state index in [1.165, 1.54) is 12.1 Å². The van der Waals surface area contributed by atoms with Crippen molar-refractivity contribution in [2.45, 2.75) is 20.3 Å². The van der Waals surface area contributed by atoms with Gasteiger partial charge in [-0.05, 0) is 32.0 Å². The van der Waals surface area contributed by atoms with E-state index >= 15 is 0 Å². The first-order valence-electron chi connectivity index (χ1n) is 5.26. The number of hydrogen-bond donors (Lipinski definition) is 2. The Morgan fingerprint density at radius 1 is 1.53 bits per heavy atom. The third-order valence-corrected chi connectivity index (χ3v) is 2.68. The Balaban J connectivity index is 2.34. The van der Waals surface area contributed by atoms with Crippen LogP contribution in [-0.4, -0.2) is 21.0 Å². The molecule has 0 amide bonds. The number of H-pyrrole nitrogens is 1.